The summed E-state index contributed by atoms with van der Waals surface area (Å²) in [6, 6.07) is 10.2. The zero-order valence-electron chi connectivity index (χ0n) is 9.98. The van der Waals surface area contributed by atoms with Crippen LogP contribution in [0.25, 0.3) is 0 Å². The van der Waals surface area contributed by atoms with Crippen molar-refractivity contribution in [1.29, 1.82) is 0 Å². The smallest absolute Gasteiger partial charge is 0.0591 e. The lowest BCUT2D eigenvalue weighted by molar-refractivity contribution is 0.923. The van der Waals surface area contributed by atoms with Crippen LogP contribution in [-0.4, -0.2) is 4.98 Å². The van der Waals surface area contributed by atoms with Gasteiger partial charge in [-0.1, -0.05) is 31.5 Å². The summed E-state index contributed by atoms with van der Waals surface area (Å²) >= 11 is 0. The summed E-state index contributed by atoms with van der Waals surface area (Å²) in [6.45, 7) is 2.18. The fraction of sp³-hybridized carbons (Fsp3) is 0.214. The van der Waals surface area contributed by atoms with E-state index in [2.05, 4.69) is 35.4 Å². The number of aromatic nitrogens is 1. The van der Waals surface area contributed by atoms with Crippen molar-refractivity contribution in [2.75, 3.05) is 11.1 Å². The molecule has 0 amide bonds. The molecule has 0 saturated carbocycles. The van der Waals surface area contributed by atoms with Gasteiger partial charge >= 0.3 is 0 Å². The molecule has 17 heavy (non-hydrogen) atoms. The molecule has 1 aromatic carbocycles. The van der Waals surface area contributed by atoms with Crippen LogP contribution in [0.4, 0.5) is 17.1 Å². The van der Waals surface area contributed by atoms with E-state index >= 15 is 0 Å². The minimum atomic E-state index is 0.669. The molecule has 3 N–H and O–H groups in total. The third-order valence-electron chi connectivity index (χ3n) is 2.58. The highest BCUT2D eigenvalue weighted by Gasteiger charge is 2.01. The van der Waals surface area contributed by atoms with Crippen molar-refractivity contribution < 1.29 is 0 Å². The predicted octanol–water partition coefficient (Wildman–Crippen LogP) is 3.36. The van der Waals surface area contributed by atoms with Crippen molar-refractivity contribution in [1.82, 2.24) is 4.98 Å². The van der Waals surface area contributed by atoms with Gasteiger partial charge in [0.1, 0.15) is 0 Å². The van der Waals surface area contributed by atoms with Crippen molar-refractivity contribution in [3.8, 4) is 0 Å². The number of nitrogens with one attached hydrogen (secondary N) is 1. The highest BCUT2D eigenvalue weighted by molar-refractivity contribution is 5.64. The summed E-state index contributed by atoms with van der Waals surface area (Å²) < 4.78 is 0. The summed E-state index contributed by atoms with van der Waals surface area (Å²) in [6.07, 6.45) is 5.62. The van der Waals surface area contributed by atoms with Crippen LogP contribution in [0.5, 0.6) is 0 Å². The fourth-order valence-corrected chi connectivity index (χ4v) is 1.81. The number of hydrogen-bond acceptors (Lipinski definition) is 3. The van der Waals surface area contributed by atoms with Crippen LogP contribution in [0.1, 0.15) is 18.9 Å². The Kier molecular flexibility index (Phi) is 3.60. The molecule has 1 aromatic heterocycles. The van der Waals surface area contributed by atoms with Crippen molar-refractivity contribution >= 4 is 17.1 Å². The Bertz CT molecular complexity index is 494. The number of anilines is 3. The molecule has 0 aliphatic heterocycles. The van der Waals surface area contributed by atoms with Gasteiger partial charge in [0.25, 0.3) is 0 Å². The number of hydrogen-bond donors (Lipinski definition) is 2. The van der Waals surface area contributed by atoms with Gasteiger partial charge in [0.2, 0.25) is 0 Å². The largest absolute Gasteiger partial charge is 0.397 e. The van der Waals surface area contributed by atoms with E-state index in [0.29, 0.717) is 5.69 Å². The molecule has 0 spiro atoms. The lowest BCUT2D eigenvalue weighted by Crippen LogP contribution is -1.97. The topological polar surface area (TPSA) is 50.9 Å². The van der Waals surface area contributed by atoms with E-state index < -0.39 is 0 Å². The minimum Gasteiger partial charge on any atom is -0.397 e. The molecule has 3 heteroatoms. The number of pyridine rings is 1. The molecule has 0 atom stereocenters. The van der Waals surface area contributed by atoms with Crippen LogP contribution in [0.15, 0.2) is 42.7 Å². The first-order valence-electron chi connectivity index (χ1n) is 5.85. The molecular weight excluding hydrogens is 210 g/mol. The van der Waals surface area contributed by atoms with Crippen LogP contribution in [0.3, 0.4) is 0 Å². The zero-order chi connectivity index (χ0) is 12.1. The van der Waals surface area contributed by atoms with Gasteiger partial charge in [-0.15, -0.1) is 0 Å². The van der Waals surface area contributed by atoms with Gasteiger partial charge in [0, 0.05) is 11.9 Å². The Morgan fingerprint density at radius 1 is 1.24 bits per heavy atom. The number of nitrogen functional groups attached to an aromatic ring is 1. The Balaban J connectivity index is 2.23. The molecule has 2 rings (SSSR count). The summed E-state index contributed by atoms with van der Waals surface area (Å²) in [5, 5.41) is 3.36. The summed E-state index contributed by atoms with van der Waals surface area (Å²) in [4.78, 5) is 4.07. The van der Waals surface area contributed by atoms with Gasteiger partial charge in [-0.2, -0.15) is 0 Å². The number of nitrogens with zero attached hydrogens (tertiary/aromatic N) is 1. The van der Waals surface area contributed by atoms with E-state index in [1.165, 1.54) is 5.56 Å². The predicted molar refractivity (Wildman–Crippen MR) is 72.4 cm³/mol. The van der Waals surface area contributed by atoms with Crippen LogP contribution < -0.4 is 11.1 Å². The zero-order valence-corrected chi connectivity index (χ0v) is 9.98. The standard InChI is InChI=1S/C14H17N3/c1-2-5-11-6-3-4-7-14(11)17-13-8-12(15)9-16-10-13/h3-4,6-10,17H,2,5,15H2,1H3. The Morgan fingerprint density at radius 3 is 2.82 bits per heavy atom. The third kappa shape index (κ3) is 2.97. The van der Waals surface area contributed by atoms with E-state index in [4.69, 9.17) is 5.73 Å². The molecule has 0 aliphatic carbocycles. The summed E-state index contributed by atoms with van der Waals surface area (Å²) in [5.74, 6) is 0. The molecule has 88 valence electrons. The molecule has 0 fully saturated rings. The maximum Gasteiger partial charge on any atom is 0.0591 e. The molecule has 0 aliphatic rings. The first-order valence-corrected chi connectivity index (χ1v) is 5.85. The molecule has 0 bridgehead atoms. The van der Waals surface area contributed by atoms with Crippen LogP contribution in [-0.2, 0) is 6.42 Å². The van der Waals surface area contributed by atoms with Crippen molar-refractivity contribution in [3.63, 3.8) is 0 Å². The van der Waals surface area contributed by atoms with Gasteiger partial charge in [-0.3, -0.25) is 4.98 Å². The first-order chi connectivity index (χ1) is 8.29. The fourth-order valence-electron chi connectivity index (χ4n) is 1.81. The van der Waals surface area contributed by atoms with E-state index in [1.807, 2.05) is 12.1 Å². The Hall–Kier alpha value is -2.03. The Labute approximate surface area is 102 Å². The second kappa shape index (κ2) is 5.34. The number of benzene rings is 1. The van der Waals surface area contributed by atoms with Crippen molar-refractivity contribution in [2.45, 2.75) is 19.8 Å². The van der Waals surface area contributed by atoms with Gasteiger partial charge < -0.3 is 11.1 Å². The molecule has 1 heterocycles. The highest BCUT2D eigenvalue weighted by Crippen LogP contribution is 2.22. The van der Waals surface area contributed by atoms with Crippen LogP contribution in [0.2, 0.25) is 0 Å². The van der Waals surface area contributed by atoms with E-state index in [1.54, 1.807) is 12.4 Å². The third-order valence-corrected chi connectivity index (χ3v) is 2.58. The number of para-hydroxylation sites is 1. The second-order valence-electron chi connectivity index (χ2n) is 4.04. The highest BCUT2D eigenvalue weighted by atomic mass is 14.9. The van der Waals surface area contributed by atoms with Gasteiger partial charge in [-0.05, 0) is 24.1 Å². The number of rotatable bonds is 4. The quantitative estimate of drug-likeness (QED) is 0.842. The van der Waals surface area contributed by atoms with E-state index in [-0.39, 0.29) is 0 Å². The minimum absolute atomic E-state index is 0.669. The average Bonchev–Trinajstić information content (AvgIpc) is 2.32. The molecular formula is C14H17N3. The van der Waals surface area contributed by atoms with Gasteiger partial charge in [0.05, 0.1) is 17.6 Å². The molecule has 0 unspecified atom stereocenters. The van der Waals surface area contributed by atoms with Gasteiger partial charge in [-0.25, -0.2) is 0 Å². The SMILES string of the molecule is CCCc1ccccc1Nc1cncc(N)c1. The lowest BCUT2D eigenvalue weighted by Gasteiger charge is -2.11. The van der Waals surface area contributed by atoms with E-state index in [0.717, 1.165) is 24.2 Å². The van der Waals surface area contributed by atoms with Crippen molar-refractivity contribution in [2.24, 2.45) is 0 Å². The second-order valence-corrected chi connectivity index (χ2v) is 4.04. The molecule has 0 saturated heterocycles. The van der Waals surface area contributed by atoms with Crippen LogP contribution >= 0.6 is 0 Å². The molecule has 2 aromatic rings. The maximum absolute atomic E-state index is 5.71. The maximum atomic E-state index is 5.71. The first kappa shape index (κ1) is 11.5. The summed E-state index contributed by atoms with van der Waals surface area (Å²) in [7, 11) is 0. The Morgan fingerprint density at radius 2 is 2.06 bits per heavy atom. The van der Waals surface area contributed by atoms with Crippen LogP contribution in [0, 0.1) is 0 Å². The number of aryl methyl sites for hydroxylation is 1. The van der Waals surface area contributed by atoms with Gasteiger partial charge in [0.15, 0.2) is 0 Å². The van der Waals surface area contributed by atoms with E-state index in [9.17, 15) is 0 Å². The molecule has 0 radical (unpaired) electrons. The molecule has 3 nitrogen and oxygen atoms in total. The number of nitrogens with two attached hydrogens (primary N) is 1. The normalized spacial score (nSPS) is 10.2. The summed E-state index contributed by atoms with van der Waals surface area (Å²) in [5.41, 5.74) is 9.74. The van der Waals surface area contributed by atoms with Crippen molar-refractivity contribution in [3.05, 3.63) is 48.3 Å². The lowest BCUT2D eigenvalue weighted by atomic mass is 10.1. The average molecular weight is 227 g/mol. The monoisotopic (exact) mass is 227 g/mol.